The number of rotatable bonds is 7. The molecule has 0 unspecified atom stereocenters. The van der Waals surface area contributed by atoms with Crippen LogP contribution in [0.5, 0.6) is 11.6 Å². The third-order valence-electron chi connectivity index (χ3n) is 8.24. The van der Waals surface area contributed by atoms with Crippen molar-refractivity contribution in [2.45, 2.75) is 83.7 Å². The quantitative estimate of drug-likeness (QED) is 0.323. The summed E-state index contributed by atoms with van der Waals surface area (Å²) in [6.45, 7) is 15.2. The molecule has 2 amide bonds. The van der Waals surface area contributed by atoms with Gasteiger partial charge in [0.2, 0.25) is 0 Å². The van der Waals surface area contributed by atoms with Gasteiger partial charge < -0.3 is 0 Å². The second-order valence-electron chi connectivity index (χ2n) is 13.8. The van der Waals surface area contributed by atoms with Crippen LogP contribution in [0.15, 0.2) is 37.1 Å². The molecule has 0 bridgehead atoms. The monoisotopic (exact) mass is 731 g/mol. The molecule has 2 fully saturated rings. The first-order valence-electron chi connectivity index (χ1n) is 14.7. The SMILES string of the molecule is C=C[C@@H]1C[C@@]12N[C]([C@@H]1C[C@@H](Oc3ncc(OC)c4ccc(Cl)cc34)CN1C(=O)[C@@H](NC(=O)OC(C)(C)C)C(C)(C)C)=[Sn][C]2=O. The molecule has 3 heterocycles. The molecule has 1 aromatic heterocycles. The van der Waals surface area contributed by atoms with Gasteiger partial charge in [-0.3, -0.25) is 0 Å². The van der Waals surface area contributed by atoms with E-state index >= 15 is 0 Å². The van der Waals surface area contributed by atoms with Crippen molar-refractivity contribution >= 4 is 62.5 Å². The van der Waals surface area contributed by atoms with Crippen LogP contribution in [0.2, 0.25) is 5.02 Å². The van der Waals surface area contributed by atoms with Gasteiger partial charge in [-0.15, -0.1) is 0 Å². The molecular formula is C32H40ClN4O6Sn. The van der Waals surface area contributed by atoms with Gasteiger partial charge in [-0.05, 0) is 0 Å². The number of hydrogen-bond donors (Lipinski definition) is 2. The van der Waals surface area contributed by atoms with Crippen LogP contribution in [-0.4, -0.2) is 93.0 Å². The molecule has 1 radical (unpaired) electrons. The fourth-order valence-electron chi connectivity index (χ4n) is 5.93. The van der Waals surface area contributed by atoms with Gasteiger partial charge >= 0.3 is 274 Å². The average molecular weight is 731 g/mol. The Bertz CT molecular complexity index is 1550. The Morgan fingerprint density at radius 2 is 1.98 bits per heavy atom. The molecule has 12 heteroatoms. The maximum atomic E-state index is 14.4. The number of amides is 2. The van der Waals surface area contributed by atoms with E-state index in [1.807, 2.05) is 32.9 Å². The van der Waals surface area contributed by atoms with Gasteiger partial charge in [0.25, 0.3) is 0 Å². The van der Waals surface area contributed by atoms with Crippen LogP contribution in [0.3, 0.4) is 0 Å². The number of hydrogen-bond acceptors (Lipinski definition) is 8. The van der Waals surface area contributed by atoms with Crippen molar-refractivity contribution in [1.29, 1.82) is 0 Å². The number of methoxy groups -OCH3 is 1. The van der Waals surface area contributed by atoms with E-state index in [9.17, 15) is 14.4 Å². The van der Waals surface area contributed by atoms with Gasteiger partial charge in [0.05, 0.1) is 0 Å². The van der Waals surface area contributed by atoms with Crippen LogP contribution in [0.25, 0.3) is 10.8 Å². The zero-order valence-corrected chi connectivity index (χ0v) is 29.9. The Kier molecular flexibility index (Phi) is 8.84. The van der Waals surface area contributed by atoms with Crippen molar-refractivity contribution in [3.63, 3.8) is 0 Å². The molecule has 10 nitrogen and oxygen atoms in total. The fourth-order valence-corrected chi connectivity index (χ4v) is 10.5. The summed E-state index contributed by atoms with van der Waals surface area (Å²) in [5.74, 6) is 0.816. The van der Waals surface area contributed by atoms with E-state index in [0.29, 0.717) is 28.5 Å². The van der Waals surface area contributed by atoms with Crippen LogP contribution < -0.4 is 20.1 Å². The van der Waals surface area contributed by atoms with Crippen LogP contribution in [0.4, 0.5) is 4.79 Å². The number of benzene rings is 1. The summed E-state index contributed by atoms with van der Waals surface area (Å²) in [6.07, 6.45) is 3.55. The van der Waals surface area contributed by atoms with E-state index in [-0.39, 0.29) is 28.2 Å². The number of carbonyl (C=O) groups excluding carboxylic acids is 3. The van der Waals surface area contributed by atoms with Gasteiger partial charge in [0.15, 0.2) is 0 Å². The van der Waals surface area contributed by atoms with Crippen molar-refractivity contribution in [1.82, 2.24) is 20.5 Å². The number of likely N-dealkylation sites (tertiary alicyclic amines) is 1. The first kappa shape index (κ1) is 32.7. The average Bonchev–Trinajstić information content (AvgIpc) is 3.33. The molecule has 1 spiro atoms. The van der Waals surface area contributed by atoms with Gasteiger partial charge in [0, 0.05) is 0 Å². The van der Waals surface area contributed by atoms with Crippen LogP contribution >= 0.6 is 11.6 Å². The Morgan fingerprint density at radius 3 is 2.59 bits per heavy atom. The van der Waals surface area contributed by atoms with Crippen LogP contribution in [0.1, 0.15) is 54.4 Å². The van der Waals surface area contributed by atoms with Crippen molar-refractivity contribution < 1.29 is 28.6 Å². The minimum absolute atomic E-state index is 0.0989. The number of nitrogens with one attached hydrogen (secondary N) is 2. The zero-order chi connectivity index (χ0) is 32.2. The predicted octanol–water partition coefficient (Wildman–Crippen LogP) is 4.09. The zero-order valence-electron chi connectivity index (χ0n) is 26.2. The standard InChI is InChI=1S/C32H40ClN4O6.Sn/c1-9-19-14-32(19,18-38)35-15-21-13-22(42-27-24-12-20(33)10-11-23(24)25(41-8)16-34-27)17-37(21)28(39)26(30(2,3)4)36-29(40)43-31(5,6)7;/h9-12,16,19,21-22,26,35H,1,13-14,17H2,2-8H3,(H,36,40);/t19-,21+,22-,26-,32+;/m1./s1. The summed E-state index contributed by atoms with van der Waals surface area (Å²) in [5.41, 5.74) is -1.92. The number of aromatic nitrogens is 1. The Morgan fingerprint density at radius 1 is 1.25 bits per heavy atom. The predicted molar refractivity (Wildman–Crippen MR) is 170 cm³/mol. The molecule has 1 saturated carbocycles. The van der Waals surface area contributed by atoms with E-state index in [4.69, 9.17) is 25.8 Å². The summed E-state index contributed by atoms with van der Waals surface area (Å²) in [5, 5.41) is 8.43. The maximum absolute atomic E-state index is 14.4. The number of ether oxygens (including phenoxy) is 3. The molecule has 2 N–H and O–H groups in total. The van der Waals surface area contributed by atoms with Gasteiger partial charge in [-0.2, -0.15) is 0 Å². The van der Waals surface area contributed by atoms with Crippen LogP contribution in [-0.2, 0) is 14.3 Å². The third kappa shape index (κ3) is 6.48. The summed E-state index contributed by atoms with van der Waals surface area (Å²) in [6, 6.07) is 4.17. The topological polar surface area (TPSA) is 119 Å². The molecule has 1 aliphatic carbocycles. The molecule has 2 aromatic rings. The second kappa shape index (κ2) is 11.9. The Hall–Kier alpha value is -2.70. The molecular weight excluding hydrogens is 691 g/mol. The number of fused-ring (bicyclic) bond motifs is 1. The van der Waals surface area contributed by atoms with E-state index in [2.05, 4.69) is 22.2 Å². The van der Waals surface area contributed by atoms with Crippen molar-refractivity contribution in [2.75, 3.05) is 13.7 Å². The van der Waals surface area contributed by atoms with E-state index in [1.54, 1.807) is 51.1 Å². The van der Waals surface area contributed by atoms with Gasteiger partial charge in [-0.25, -0.2) is 0 Å². The summed E-state index contributed by atoms with van der Waals surface area (Å²) >= 11 is 4.66. The third-order valence-corrected chi connectivity index (χ3v) is 12.5. The molecule has 3 aliphatic rings. The second-order valence-corrected chi connectivity index (χ2v) is 17.7. The molecule has 5 atom stereocenters. The van der Waals surface area contributed by atoms with E-state index < -0.39 is 55.5 Å². The minimum atomic E-state index is -1.68. The molecule has 1 aromatic carbocycles. The number of alkyl carbamates (subject to hydrolysis) is 1. The molecule has 2 aliphatic heterocycles. The van der Waals surface area contributed by atoms with Gasteiger partial charge in [-0.1, -0.05) is 0 Å². The van der Waals surface area contributed by atoms with E-state index in [0.717, 1.165) is 15.4 Å². The Labute approximate surface area is 272 Å². The van der Waals surface area contributed by atoms with Crippen LogP contribution in [0, 0.1) is 11.3 Å². The first-order valence-corrected chi connectivity index (χ1v) is 18.0. The van der Waals surface area contributed by atoms with E-state index in [1.165, 1.54) is 0 Å². The summed E-state index contributed by atoms with van der Waals surface area (Å²) in [7, 11) is 1.58. The number of halogens is 1. The molecule has 5 rings (SSSR count). The first-order chi connectivity index (χ1) is 20.6. The summed E-state index contributed by atoms with van der Waals surface area (Å²) in [4.78, 5) is 46.8. The molecule has 235 valence electrons. The van der Waals surface area contributed by atoms with Crippen molar-refractivity contribution in [3.8, 4) is 11.6 Å². The van der Waals surface area contributed by atoms with Crippen molar-refractivity contribution in [3.05, 3.63) is 42.1 Å². The number of pyridine rings is 1. The fraction of sp³-hybridized carbons (Fsp3) is 0.531. The molecule has 1 saturated heterocycles. The Balaban J connectivity index is 1.47. The van der Waals surface area contributed by atoms with Crippen molar-refractivity contribution in [2.24, 2.45) is 11.3 Å². The molecule has 44 heavy (non-hydrogen) atoms. The number of carbonyl (C=O) groups is 3. The number of nitrogens with zero attached hydrogens (tertiary/aromatic N) is 2. The van der Waals surface area contributed by atoms with Gasteiger partial charge in [0.1, 0.15) is 0 Å². The summed E-state index contributed by atoms with van der Waals surface area (Å²) < 4.78 is 18.7. The normalized spacial score (nSPS) is 25.5.